The SMILES string of the molecule is C.CCOC(=O)C[C@@H]1CCCc2cc(I)ccc21.O[C@H]1CCCc2cc(I)ccc21. The highest BCUT2D eigenvalue weighted by Crippen LogP contribution is 2.35. The third-order valence-corrected chi connectivity index (χ3v) is 6.99. The lowest BCUT2D eigenvalue weighted by atomic mass is 9.81. The van der Waals surface area contributed by atoms with Crippen LogP contribution < -0.4 is 0 Å². The van der Waals surface area contributed by atoms with Crippen molar-refractivity contribution in [3.63, 3.8) is 0 Å². The van der Waals surface area contributed by atoms with Crippen LogP contribution in [0.15, 0.2) is 36.4 Å². The van der Waals surface area contributed by atoms with Crippen LogP contribution in [0.3, 0.4) is 0 Å². The average molecular weight is 634 g/mol. The summed E-state index contributed by atoms with van der Waals surface area (Å²) in [5.41, 5.74) is 5.24. The van der Waals surface area contributed by atoms with Crippen LogP contribution in [-0.2, 0) is 22.4 Å². The number of fused-ring (bicyclic) bond motifs is 2. The fraction of sp³-hybridized carbons (Fsp3) is 0.480. The number of halogens is 2. The minimum Gasteiger partial charge on any atom is -0.466 e. The number of aliphatic hydroxyl groups is 1. The normalized spacial score (nSPS) is 19.3. The minimum absolute atomic E-state index is 0. The first-order valence-electron chi connectivity index (χ1n) is 10.4. The first kappa shape index (κ1) is 25.6. The van der Waals surface area contributed by atoms with Crippen LogP contribution in [0, 0.1) is 7.14 Å². The molecule has 2 aliphatic carbocycles. The number of hydrogen-bond acceptors (Lipinski definition) is 3. The maximum absolute atomic E-state index is 11.6. The van der Waals surface area contributed by atoms with E-state index in [0.29, 0.717) is 18.9 Å². The monoisotopic (exact) mass is 634 g/mol. The predicted octanol–water partition coefficient (Wildman–Crippen LogP) is 6.96. The predicted molar refractivity (Wildman–Crippen MR) is 140 cm³/mol. The van der Waals surface area contributed by atoms with E-state index in [2.05, 4.69) is 81.6 Å². The van der Waals surface area contributed by atoms with Crippen molar-refractivity contribution in [2.75, 3.05) is 6.61 Å². The first-order valence-corrected chi connectivity index (χ1v) is 12.5. The van der Waals surface area contributed by atoms with E-state index in [4.69, 9.17) is 4.74 Å². The molecule has 0 heterocycles. The number of aryl methyl sites for hydroxylation is 2. The van der Waals surface area contributed by atoms with E-state index in [0.717, 1.165) is 37.7 Å². The van der Waals surface area contributed by atoms with Gasteiger partial charge in [-0.05, 0) is 143 Å². The highest BCUT2D eigenvalue weighted by atomic mass is 127. The second kappa shape index (κ2) is 12.4. The van der Waals surface area contributed by atoms with Gasteiger partial charge < -0.3 is 9.84 Å². The number of carbonyl (C=O) groups excluding carboxylic acids is 1. The van der Waals surface area contributed by atoms with E-state index < -0.39 is 0 Å². The quantitative estimate of drug-likeness (QED) is 0.294. The molecule has 1 N–H and O–H groups in total. The summed E-state index contributed by atoms with van der Waals surface area (Å²) in [5.74, 6) is 0.290. The van der Waals surface area contributed by atoms with Crippen molar-refractivity contribution in [1.29, 1.82) is 0 Å². The van der Waals surface area contributed by atoms with E-state index in [-0.39, 0.29) is 19.5 Å². The molecular formula is C25H32I2O3. The van der Waals surface area contributed by atoms with Gasteiger partial charge in [-0.2, -0.15) is 0 Å². The van der Waals surface area contributed by atoms with Crippen molar-refractivity contribution >= 4 is 51.2 Å². The minimum atomic E-state index is -0.217. The summed E-state index contributed by atoms with van der Waals surface area (Å²) in [6.07, 6.45) is 6.91. The largest absolute Gasteiger partial charge is 0.466 e. The summed E-state index contributed by atoms with van der Waals surface area (Å²) < 4.78 is 7.58. The van der Waals surface area contributed by atoms with Gasteiger partial charge in [0.15, 0.2) is 0 Å². The van der Waals surface area contributed by atoms with Crippen LogP contribution in [0.1, 0.15) is 80.7 Å². The van der Waals surface area contributed by atoms with Crippen LogP contribution in [0.25, 0.3) is 0 Å². The maximum Gasteiger partial charge on any atom is 0.306 e. The third-order valence-electron chi connectivity index (χ3n) is 5.65. The molecular weight excluding hydrogens is 602 g/mol. The smallest absolute Gasteiger partial charge is 0.306 e. The summed E-state index contributed by atoms with van der Waals surface area (Å²) in [7, 11) is 0. The molecule has 0 saturated carbocycles. The Morgan fingerprint density at radius 3 is 2.20 bits per heavy atom. The fourth-order valence-corrected chi connectivity index (χ4v) is 5.39. The van der Waals surface area contributed by atoms with Crippen LogP contribution in [-0.4, -0.2) is 17.7 Å². The van der Waals surface area contributed by atoms with Crippen LogP contribution in [0.2, 0.25) is 0 Å². The summed E-state index contributed by atoms with van der Waals surface area (Å²) in [6, 6.07) is 12.9. The van der Waals surface area contributed by atoms with E-state index in [1.54, 1.807) is 0 Å². The van der Waals surface area contributed by atoms with Gasteiger partial charge in [0.05, 0.1) is 19.1 Å². The fourth-order valence-electron chi connectivity index (χ4n) is 4.27. The van der Waals surface area contributed by atoms with Crippen LogP contribution in [0.4, 0.5) is 0 Å². The molecule has 2 atom stereocenters. The van der Waals surface area contributed by atoms with Crippen molar-refractivity contribution in [2.45, 2.75) is 71.3 Å². The molecule has 5 heteroatoms. The standard InChI is InChI=1S/C14H17IO2.C10H11IO.CH4/c1-2-17-14(16)9-11-5-3-4-10-8-12(15)6-7-13(10)11;11-8-4-5-9-7(6-8)2-1-3-10(9)12;/h6-8,11H,2-5,9H2,1H3;4-6,10,12H,1-3H2;1H4/t11-;10-;/m00./s1. The van der Waals surface area contributed by atoms with Gasteiger partial charge in [0.25, 0.3) is 0 Å². The Bertz CT molecular complexity index is 850. The molecule has 2 aromatic rings. The van der Waals surface area contributed by atoms with Crippen molar-refractivity contribution in [1.82, 2.24) is 0 Å². The molecule has 2 aliphatic rings. The number of esters is 1. The number of rotatable bonds is 3. The molecule has 30 heavy (non-hydrogen) atoms. The molecule has 164 valence electrons. The summed E-state index contributed by atoms with van der Waals surface area (Å²) in [4.78, 5) is 11.6. The van der Waals surface area contributed by atoms with Gasteiger partial charge in [-0.3, -0.25) is 4.79 Å². The van der Waals surface area contributed by atoms with Crippen LogP contribution in [0.5, 0.6) is 0 Å². The number of benzene rings is 2. The molecule has 0 bridgehead atoms. The molecule has 0 amide bonds. The summed E-state index contributed by atoms with van der Waals surface area (Å²) >= 11 is 4.65. The Morgan fingerprint density at radius 2 is 1.57 bits per heavy atom. The lowest BCUT2D eigenvalue weighted by Gasteiger charge is -2.25. The van der Waals surface area contributed by atoms with Crippen molar-refractivity contribution in [2.24, 2.45) is 0 Å². The number of ether oxygens (including phenoxy) is 1. The lowest BCUT2D eigenvalue weighted by molar-refractivity contribution is -0.143. The summed E-state index contributed by atoms with van der Waals surface area (Å²) in [5, 5.41) is 9.65. The maximum atomic E-state index is 11.6. The molecule has 0 spiro atoms. The molecule has 0 saturated heterocycles. The van der Waals surface area contributed by atoms with Gasteiger partial charge in [-0.25, -0.2) is 0 Å². The van der Waals surface area contributed by atoms with Gasteiger partial charge in [-0.1, -0.05) is 19.6 Å². The Kier molecular flexibility index (Phi) is 10.6. The molecule has 3 nitrogen and oxygen atoms in total. The summed E-state index contributed by atoms with van der Waals surface area (Å²) in [6.45, 7) is 2.33. The molecule has 0 aromatic heterocycles. The van der Waals surface area contributed by atoms with E-state index >= 15 is 0 Å². The zero-order valence-electron chi connectivity index (χ0n) is 16.8. The Morgan fingerprint density at radius 1 is 1.00 bits per heavy atom. The van der Waals surface area contributed by atoms with Crippen LogP contribution >= 0.6 is 45.2 Å². The third kappa shape index (κ3) is 6.92. The zero-order chi connectivity index (χ0) is 20.8. The lowest BCUT2D eigenvalue weighted by Crippen LogP contribution is -2.15. The molecule has 2 aromatic carbocycles. The first-order chi connectivity index (χ1) is 14.0. The Hall–Kier alpha value is -0.670. The van der Waals surface area contributed by atoms with Crippen molar-refractivity contribution in [3.8, 4) is 0 Å². The molecule has 0 radical (unpaired) electrons. The zero-order valence-corrected chi connectivity index (χ0v) is 21.1. The second-order valence-electron chi connectivity index (χ2n) is 7.69. The van der Waals surface area contributed by atoms with E-state index in [9.17, 15) is 9.90 Å². The molecule has 4 rings (SSSR count). The van der Waals surface area contributed by atoms with Gasteiger partial charge in [0, 0.05) is 7.14 Å². The Balaban J connectivity index is 0.000000218. The topological polar surface area (TPSA) is 46.5 Å². The second-order valence-corrected chi connectivity index (χ2v) is 10.2. The van der Waals surface area contributed by atoms with Crippen molar-refractivity contribution < 1.29 is 14.6 Å². The van der Waals surface area contributed by atoms with Gasteiger partial charge >= 0.3 is 5.97 Å². The number of hydrogen-bond donors (Lipinski definition) is 1. The van der Waals surface area contributed by atoms with Crippen molar-refractivity contribution in [3.05, 3.63) is 65.8 Å². The van der Waals surface area contributed by atoms with Gasteiger partial charge in [0.2, 0.25) is 0 Å². The highest BCUT2D eigenvalue weighted by Gasteiger charge is 2.23. The molecule has 0 unspecified atom stereocenters. The van der Waals surface area contributed by atoms with Gasteiger partial charge in [-0.15, -0.1) is 0 Å². The van der Waals surface area contributed by atoms with Gasteiger partial charge in [0.1, 0.15) is 0 Å². The highest BCUT2D eigenvalue weighted by molar-refractivity contribution is 14.1. The average Bonchev–Trinajstić information content (AvgIpc) is 2.68. The number of aliphatic hydroxyl groups excluding tert-OH is 1. The van der Waals surface area contributed by atoms with E-state index in [1.165, 1.54) is 30.3 Å². The molecule has 0 aliphatic heterocycles. The Labute approximate surface area is 208 Å². The van der Waals surface area contributed by atoms with E-state index in [1.807, 2.05) is 6.92 Å². The number of carbonyl (C=O) groups is 1. The molecule has 0 fully saturated rings.